The fraction of sp³-hybridized carbons (Fsp3) is 0.296. The van der Waals surface area contributed by atoms with Crippen molar-refractivity contribution in [2.24, 2.45) is 5.92 Å². The van der Waals surface area contributed by atoms with Crippen LogP contribution in [0.5, 0.6) is 5.75 Å². The first-order valence-corrected chi connectivity index (χ1v) is 11.8. The molecule has 0 atom stereocenters. The number of benzene rings is 2. The van der Waals surface area contributed by atoms with Crippen LogP contribution in [0.2, 0.25) is 0 Å². The van der Waals surface area contributed by atoms with Crippen LogP contribution < -0.4 is 9.64 Å². The maximum atomic E-state index is 14.8. The summed E-state index contributed by atoms with van der Waals surface area (Å²) in [6.45, 7) is 3.91. The first-order valence-electron chi connectivity index (χ1n) is 11.8. The molecule has 1 aliphatic rings. The van der Waals surface area contributed by atoms with Crippen LogP contribution in [-0.4, -0.2) is 34.6 Å². The van der Waals surface area contributed by atoms with Crippen LogP contribution in [0.4, 0.5) is 14.7 Å². The molecule has 1 fully saturated rings. The average Bonchev–Trinajstić information content (AvgIpc) is 3.44. The minimum absolute atomic E-state index is 0.211. The molecule has 2 aromatic heterocycles. The molecule has 3 heterocycles. The van der Waals surface area contributed by atoms with Crippen molar-refractivity contribution in [3.63, 3.8) is 0 Å². The minimum Gasteiger partial charge on any atom is -0.487 e. The highest BCUT2D eigenvalue weighted by atomic mass is 19.1. The van der Waals surface area contributed by atoms with Crippen LogP contribution in [0, 0.1) is 17.6 Å². The first-order chi connectivity index (χ1) is 17.1. The van der Waals surface area contributed by atoms with Crippen LogP contribution in [0.3, 0.4) is 0 Å². The largest absolute Gasteiger partial charge is 0.487 e. The Labute approximate surface area is 202 Å². The standard InChI is InChI=1S/C27H26F2N4O2/c1-2-18-15-31-27(32-16-18)33-10-7-19(8-11-33)17-35-25-23(28)13-22(14-24(25)29)20-3-5-21(6-4-20)26-30-9-12-34-26/h3-6,9,12-16,19H,2,7-8,10-11,17H2,1H3. The van der Waals surface area contributed by atoms with Gasteiger partial charge in [-0.05, 0) is 66.1 Å². The lowest BCUT2D eigenvalue weighted by Gasteiger charge is -2.31. The van der Waals surface area contributed by atoms with Gasteiger partial charge < -0.3 is 14.1 Å². The van der Waals surface area contributed by atoms with Gasteiger partial charge >= 0.3 is 0 Å². The molecule has 6 nitrogen and oxygen atoms in total. The third kappa shape index (κ3) is 5.16. The van der Waals surface area contributed by atoms with Crippen LogP contribution in [0.25, 0.3) is 22.6 Å². The molecule has 180 valence electrons. The summed E-state index contributed by atoms with van der Waals surface area (Å²) in [6, 6.07) is 9.77. The number of anilines is 1. The van der Waals surface area contributed by atoms with E-state index in [-0.39, 0.29) is 18.3 Å². The second kappa shape index (κ2) is 10.2. The van der Waals surface area contributed by atoms with Gasteiger partial charge in [0.2, 0.25) is 11.8 Å². The van der Waals surface area contributed by atoms with Gasteiger partial charge in [0.15, 0.2) is 17.4 Å². The zero-order chi connectivity index (χ0) is 24.2. The Kier molecular flexibility index (Phi) is 6.70. The first kappa shape index (κ1) is 23.0. The number of halogens is 2. The molecule has 0 radical (unpaired) electrons. The Balaban J connectivity index is 1.19. The van der Waals surface area contributed by atoms with Gasteiger partial charge in [-0.2, -0.15) is 0 Å². The molecular formula is C27H26F2N4O2. The molecule has 4 aromatic rings. The van der Waals surface area contributed by atoms with Crippen molar-refractivity contribution >= 4 is 5.95 Å². The Morgan fingerprint density at radius 2 is 1.60 bits per heavy atom. The van der Waals surface area contributed by atoms with Crippen molar-refractivity contribution in [2.45, 2.75) is 26.2 Å². The molecule has 2 aromatic carbocycles. The Morgan fingerprint density at radius 3 is 2.20 bits per heavy atom. The number of aryl methyl sites for hydroxylation is 1. The number of oxazole rings is 1. The molecule has 35 heavy (non-hydrogen) atoms. The smallest absolute Gasteiger partial charge is 0.225 e. The van der Waals surface area contributed by atoms with Gasteiger partial charge in [-0.25, -0.2) is 23.7 Å². The van der Waals surface area contributed by atoms with E-state index in [1.807, 2.05) is 12.4 Å². The second-order valence-corrected chi connectivity index (χ2v) is 8.67. The van der Waals surface area contributed by atoms with Crippen LogP contribution in [-0.2, 0) is 6.42 Å². The van der Waals surface area contributed by atoms with Crippen molar-refractivity contribution in [2.75, 3.05) is 24.6 Å². The van der Waals surface area contributed by atoms with Crippen LogP contribution in [0.1, 0.15) is 25.3 Å². The molecular weight excluding hydrogens is 450 g/mol. The van der Waals surface area contributed by atoms with Gasteiger partial charge in [-0.15, -0.1) is 0 Å². The number of nitrogens with zero attached hydrogens (tertiary/aromatic N) is 4. The van der Waals surface area contributed by atoms with Gasteiger partial charge in [0.1, 0.15) is 6.26 Å². The lowest BCUT2D eigenvalue weighted by molar-refractivity contribution is 0.207. The van der Waals surface area contributed by atoms with E-state index in [4.69, 9.17) is 9.15 Å². The predicted molar refractivity (Wildman–Crippen MR) is 129 cm³/mol. The summed E-state index contributed by atoms with van der Waals surface area (Å²) < 4.78 is 40.5. The molecule has 0 unspecified atom stereocenters. The normalized spacial score (nSPS) is 14.3. The summed E-state index contributed by atoms with van der Waals surface area (Å²) in [5.41, 5.74) is 3.02. The zero-order valence-electron chi connectivity index (χ0n) is 19.5. The highest BCUT2D eigenvalue weighted by molar-refractivity contribution is 5.68. The van der Waals surface area contributed by atoms with E-state index < -0.39 is 11.6 Å². The summed E-state index contributed by atoms with van der Waals surface area (Å²) in [7, 11) is 0. The van der Waals surface area contributed by atoms with Gasteiger partial charge in [-0.3, -0.25) is 0 Å². The van der Waals surface area contributed by atoms with Crippen LogP contribution in [0.15, 0.2) is 65.7 Å². The van der Waals surface area contributed by atoms with Crippen molar-refractivity contribution in [1.29, 1.82) is 0 Å². The minimum atomic E-state index is -0.710. The van der Waals surface area contributed by atoms with Gasteiger partial charge in [-0.1, -0.05) is 19.1 Å². The topological polar surface area (TPSA) is 64.3 Å². The summed E-state index contributed by atoms with van der Waals surface area (Å²) in [5, 5.41) is 0. The maximum Gasteiger partial charge on any atom is 0.225 e. The molecule has 1 saturated heterocycles. The summed E-state index contributed by atoms with van der Waals surface area (Å²) in [6.07, 6.45) is 9.37. The summed E-state index contributed by atoms with van der Waals surface area (Å²) >= 11 is 0. The van der Waals surface area contributed by atoms with E-state index in [1.54, 1.807) is 30.5 Å². The number of hydrogen-bond donors (Lipinski definition) is 0. The third-order valence-electron chi connectivity index (χ3n) is 6.36. The van der Waals surface area contributed by atoms with E-state index >= 15 is 0 Å². The quantitative estimate of drug-likeness (QED) is 0.329. The highest BCUT2D eigenvalue weighted by Gasteiger charge is 2.23. The average molecular weight is 477 g/mol. The Bertz CT molecular complexity index is 1230. The Morgan fingerprint density at radius 1 is 0.943 bits per heavy atom. The number of hydrogen-bond acceptors (Lipinski definition) is 6. The lowest BCUT2D eigenvalue weighted by Crippen LogP contribution is -2.36. The van der Waals surface area contributed by atoms with Gasteiger partial charge in [0, 0.05) is 31.0 Å². The van der Waals surface area contributed by atoms with E-state index in [9.17, 15) is 8.78 Å². The van der Waals surface area contributed by atoms with Gasteiger partial charge in [0.05, 0.1) is 12.8 Å². The molecule has 0 N–H and O–H groups in total. The fourth-order valence-electron chi connectivity index (χ4n) is 4.23. The zero-order valence-corrected chi connectivity index (χ0v) is 19.5. The second-order valence-electron chi connectivity index (χ2n) is 8.67. The molecule has 0 aliphatic carbocycles. The van der Waals surface area contributed by atoms with Crippen molar-refractivity contribution in [3.8, 4) is 28.3 Å². The summed E-state index contributed by atoms with van der Waals surface area (Å²) in [5.74, 6) is -0.321. The predicted octanol–water partition coefficient (Wildman–Crippen LogP) is 5.93. The van der Waals surface area contributed by atoms with E-state index in [0.29, 0.717) is 17.0 Å². The molecule has 1 aliphatic heterocycles. The van der Waals surface area contributed by atoms with Gasteiger partial charge in [0.25, 0.3) is 0 Å². The maximum absolute atomic E-state index is 14.8. The summed E-state index contributed by atoms with van der Waals surface area (Å²) in [4.78, 5) is 15.1. The van der Waals surface area contributed by atoms with Crippen molar-refractivity contribution in [1.82, 2.24) is 15.0 Å². The number of aromatic nitrogens is 3. The van der Waals surface area contributed by atoms with E-state index in [0.717, 1.165) is 49.4 Å². The highest BCUT2D eigenvalue weighted by Crippen LogP contribution is 2.31. The van der Waals surface area contributed by atoms with Crippen molar-refractivity contribution in [3.05, 3.63) is 78.4 Å². The molecule has 0 bridgehead atoms. The number of piperidine rings is 1. The molecule has 0 amide bonds. The Hall–Kier alpha value is -3.81. The molecule has 0 saturated carbocycles. The van der Waals surface area contributed by atoms with Crippen molar-refractivity contribution < 1.29 is 17.9 Å². The molecule has 8 heteroatoms. The molecule has 5 rings (SSSR count). The SMILES string of the molecule is CCc1cnc(N2CCC(COc3c(F)cc(-c4ccc(-c5ncco5)cc4)cc3F)CC2)nc1. The monoisotopic (exact) mass is 476 g/mol. The van der Waals surface area contributed by atoms with E-state index in [2.05, 4.69) is 26.8 Å². The van der Waals surface area contributed by atoms with E-state index in [1.165, 1.54) is 18.4 Å². The number of rotatable bonds is 7. The fourth-order valence-corrected chi connectivity index (χ4v) is 4.23. The lowest BCUT2D eigenvalue weighted by atomic mass is 9.98. The molecule has 0 spiro atoms. The number of ether oxygens (including phenoxy) is 1. The van der Waals surface area contributed by atoms with Crippen LogP contribution >= 0.6 is 0 Å². The third-order valence-corrected chi connectivity index (χ3v) is 6.36.